The summed E-state index contributed by atoms with van der Waals surface area (Å²) in [4.78, 5) is 28.1. The van der Waals surface area contributed by atoms with Gasteiger partial charge in [0.05, 0.1) is 5.56 Å². The van der Waals surface area contributed by atoms with E-state index >= 15 is 0 Å². The molecule has 0 atom stereocenters. The van der Waals surface area contributed by atoms with Crippen LogP contribution in [0.1, 0.15) is 35.2 Å². The SMILES string of the molecule is O=c1[nH]n2c(=O)c3c([nH]c2c1/C=C/c1ccc(Cl)cc1)CCCC3. The Morgan fingerprint density at radius 3 is 2.58 bits per heavy atom. The largest absolute Gasteiger partial charge is 0.343 e. The molecule has 0 unspecified atom stereocenters. The van der Waals surface area contributed by atoms with Crippen LogP contribution in [0.15, 0.2) is 33.9 Å². The first-order valence-electron chi connectivity index (χ1n) is 7.96. The van der Waals surface area contributed by atoms with Crippen molar-refractivity contribution in [3.63, 3.8) is 0 Å². The van der Waals surface area contributed by atoms with Gasteiger partial charge in [0.15, 0.2) is 0 Å². The minimum atomic E-state index is -0.282. The molecule has 1 aromatic carbocycles. The predicted octanol–water partition coefficient (Wildman–Crippen LogP) is 3.02. The van der Waals surface area contributed by atoms with Crippen LogP contribution in [0.3, 0.4) is 0 Å². The minimum Gasteiger partial charge on any atom is -0.343 e. The number of H-pyrrole nitrogens is 2. The van der Waals surface area contributed by atoms with Crippen molar-refractivity contribution in [1.29, 1.82) is 0 Å². The van der Waals surface area contributed by atoms with E-state index in [9.17, 15) is 9.59 Å². The Labute approximate surface area is 142 Å². The number of aromatic amines is 2. The first kappa shape index (κ1) is 15.0. The summed E-state index contributed by atoms with van der Waals surface area (Å²) in [6.45, 7) is 0. The van der Waals surface area contributed by atoms with Gasteiger partial charge >= 0.3 is 0 Å². The summed E-state index contributed by atoms with van der Waals surface area (Å²) in [5.74, 6) is 0. The molecular formula is C18H16ClN3O2. The zero-order chi connectivity index (χ0) is 16.7. The first-order chi connectivity index (χ1) is 11.6. The maximum Gasteiger partial charge on any atom is 0.276 e. The number of aromatic nitrogens is 3. The second kappa shape index (κ2) is 5.83. The van der Waals surface area contributed by atoms with Crippen molar-refractivity contribution in [3.8, 4) is 0 Å². The fraction of sp³-hybridized carbons (Fsp3) is 0.222. The average molecular weight is 342 g/mol. The van der Waals surface area contributed by atoms with Gasteiger partial charge in [0, 0.05) is 16.3 Å². The molecule has 1 aliphatic rings. The van der Waals surface area contributed by atoms with E-state index in [1.54, 1.807) is 18.2 Å². The van der Waals surface area contributed by atoms with Crippen molar-refractivity contribution in [2.75, 3.05) is 0 Å². The normalized spacial score (nSPS) is 14.4. The van der Waals surface area contributed by atoms with Crippen molar-refractivity contribution in [2.24, 2.45) is 0 Å². The summed E-state index contributed by atoms with van der Waals surface area (Å²) in [7, 11) is 0. The number of halogens is 1. The average Bonchev–Trinajstić information content (AvgIpc) is 2.91. The lowest BCUT2D eigenvalue weighted by molar-refractivity contribution is 0.651. The van der Waals surface area contributed by atoms with Crippen molar-refractivity contribution in [1.82, 2.24) is 14.6 Å². The molecule has 0 bridgehead atoms. The monoisotopic (exact) mass is 341 g/mol. The van der Waals surface area contributed by atoms with E-state index in [-0.39, 0.29) is 11.1 Å². The van der Waals surface area contributed by atoms with Crippen molar-refractivity contribution < 1.29 is 0 Å². The molecule has 1 aliphatic carbocycles. The van der Waals surface area contributed by atoms with Crippen LogP contribution < -0.4 is 11.1 Å². The quantitative estimate of drug-likeness (QED) is 0.752. The standard InChI is InChI=1S/C18H16ClN3O2/c19-12-8-5-11(6-9-12)7-10-14-16-20-15-4-2-1-3-13(15)18(24)22(16)21-17(14)23/h5-10,20H,1-4H2,(H,21,23)/b10-7+. The highest BCUT2D eigenvalue weighted by Crippen LogP contribution is 2.18. The first-order valence-corrected chi connectivity index (χ1v) is 8.34. The summed E-state index contributed by atoms with van der Waals surface area (Å²) in [5.41, 5.74) is 3.24. The number of hydrogen-bond donors (Lipinski definition) is 2. The lowest BCUT2D eigenvalue weighted by atomic mass is 9.97. The molecule has 0 radical (unpaired) electrons. The van der Waals surface area contributed by atoms with Crippen molar-refractivity contribution >= 4 is 29.4 Å². The fourth-order valence-electron chi connectivity index (χ4n) is 3.19. The summed E-state index contributed by atoms with van der Waals surface area (Å²) in [6.07, 6.45) is 7.24. The van der Waals surface area contributed by atoms with E-state index < -0.39 is 0 Å². The van der Waals surface area contributed by atoms with Gasteiger partial charge in [-0.25, -0.2) is 0 Å². The number of rotatable bonds is 2. The molecule has 0 aliphatic heterocycles. The summed E-state index contributed by atoms with van der Waals surface area (Å²) >= 11 is 5.88. The second-order valence-electron chi connectivity index (χ2n) is 6.02. The smallest absolute Gasteiger partial charge is 0.276 e. The van der Waals surface area contributed by atoms with Gasteiger partial charge in [0.1, 0.15) is 5.65 Å². The molecule has 2 heterocycles. The van der Waals surface area contributed by atoms with E-state index in [1.807, 2.05) is 18.2 Å². The van der Waals surface area contributed by atoms with E-state index in [0.29, 0.717) is 16.2 Å². The van der Waals surface area contributed by atoms with Crippen molar-refractivity contribution in [2.45, 2.75) is 25.7 Å². The maximum atomic E-state index is 12.6. The Balaban J connectivity index is 1.85. The summed E-state index contributed by atoms with van der Waals surface area (Å²) in [5, 5.41) is 3.30. The van der Waals surface area contributed by atoms with Gasteiger partial charge in [-0.1, -0.05) is 29.8 Å². The third kappa shape index (κ3) is 2.51. The molecular weight excluding hydrogens is 326 g/mol. The van der Waals surface area contributed by atoms with Crippen LogP contribution >= 0.6 is 11.6 Å². The Bertz CT molecular complexity index is 1050. The lowest BCUT2D eigenvalue weighted by Crippen LogP contribution is -2.25. The molecule has 122 valence electrons. The number of fused-ring (bicyclic) bond motifs is 2. The van der Waals surface area contributed by atoms with E-state index in [4.69, 9.17) is 11.6 Å². The van der Waals surface area contributed by atoms with E-state index in [0.717, 1.165) is 42.5 Å². The third-order valence-electron chi connectivity index (χ3n) is 4.45. The van der Waals surface area contributed by atoms with Crippen LogP contribution in [0.5, 0.6) is 0 Å². The molecule has 2 N–H and O–H groups in total. The summed E-state index contributed by atoms with van der Waals surface area (Å²) in [6, 6.07) is 7.33. The van der Waals surface area contributed by atoms with Gasteiger partial charge in [-0.05, 0) is 49.5 Å². The summed E-state index contributed by atoms with van der Waals surface area (Å²) < 4.78 is 1.33. The highest BCUT2D eigenvalue weighted by molar-refractivity contribution is 6.30. The van der Waals surface area contributed by atoms with Crippen LogP contribution in [0.2, 0.25) is 5.02 Å². The van der Waals surface area contributed by atoms with E-state index in [1.165, 1.54) is 4.52 Å². The Kier molecular flexibility index (Phi) is 3.65. The minimum absolute atomic E-state index is 0.123. The fourth-order valence-corrected chi connectivity index (χ4v) is 3.31. The Hall–Kier alpha value is -2.53. The number of hydrogen-bond acceptors (Lipinski definition) is 2. The molecule has 0 saturated carbocycles. The van der Waals surface area contributed by atoms with Crippen LogP contribution in [0.25, 0.3) is 17.8 Å². The van der Waals surface area contributed by atoms with Gasteiger partial charge in [-0.15, -0.1) is 0 Å². The maximum absolute atomic E-state index is 12.6. The zero-order valence-electron chi connectivity index (χ0n) is 12.9. The molecule has 24 heavy (non-hydrogen) atoms. The highest BCUT2D eigenvalue weighted by Gasteiger charge is 2.18. The van der Waals surface area contributed by atoms with Gasteiger partial charge < -0.3 is 4.98 Å². The molecule has 2 aromatic heterocycles. The molecule has 0 fully saturated rings. The second-order valence-corrected chi connectivity index (χ2v) is 6.45. The van der Waals surface area contributed by atoms with Gasteiger partial charge in [0.2, 0.25) is 0 Å². The van der Waals surface area contributed by atoms with Gasteiger partial charge in [-0.2, -0.15) is 4.52 Å². The molecule has 4 rings (SSSR count). The predicted molar refractivity (Wildman–Crippen MR) is 95.7 cm³/mol. The van der Waals surface area contributed by atoms with Gasteiger partial charge in [0.25, 0.3) is 11.1 Å². The van der Waals surface area contributed by atoms with Crippen LogP contribution in [0, 0.1) is 0 Å². The molecule has 3 aromatic rings. The molecule has 0 amide bonds. The molecule has 5 nitrogen and oxygen atoms in total. The van der Waals surface area contributed by atoms with E-state index in [2.05, 4.69) is 10.1 Å². The van der Waals surface area contributed by atoms with Gasteiger partial charge in [-0.3, -0.25) is 14.7 Å². The van der Waals surface area contributed by atoms with Crippen LogP contribution in [-0.4, -0.2) is 14.6 Å². The topological polar surface area (TPSA) is 70.1 Å². The lowest BCUT2D eigenvalue weighted by Gasteiger charge is -2.14. The number of aryl methyl sites for hydroxylation is 1. The third-order valence-corrected chi connectivity index (χ3v) is 4.70. The highest BCUT2D eigenvalue weighted by atomic mass is 35.5. The Morgan fingerprint density at radius 2 is 1.79 bits per heavy atom. The molecule has 0 spiro atoms. The van der Waals surface area contributed by atoms with Crippen LogP contribution in [0.4, 0.5) is 0 Å². The molecule has 0 saturated heterocycles. The number of benzene rings is 1. The van der Waals surface area contributed by atoms with Crippen LogP contribution in [-0.2, 0) is 12.8 Å². The number of nitrogens with zero attached hydrogens (tertiary/aromatic N) is 1. The Morgan fingerprint density at radius 1 is 1.04 bits per heavy atom. The van der Waals surface area contributed by atoms with Crippen molar-refractivity contribution in [3.05, 3.63) is 72.4 Å². The molecule has 6 heteroatoms. The number of nitrogens with one attached hydrogen (secondary N) is 2. The zero-order valence-corrected chi connectivity index (χ0v) is 13.7.